The van der Waals surface area contributed by atoms with Crippen molar-refractivity contribution >= 4 is 5.97 Å². The summed E-state index contributed by atoms with van der Waals surface area (Å²) in [6.45, 7) is 0.420. The van der Waals surface area contributed by atoms with Crippen LogP contribution in [-0.2, 0) is 19.7 Å². The SMILES string of the molecule is COCC(OC)c1ccccc1C1(C(=O)O)CCC1. The van der Waals surface area contributed by atoms with Crippen LogP contribution in [0.2, 0.25) is 0 Å². The molecular weight excluding hydrogens is 244 g/mol. The van der Waals surface area contributed by atoms with Crippen LogP contribution in [-0.4, -0.2) is 31.9 Å². The zero-order chi connectivity index (χ0) is 13.9. The van der Waals surface area contributed by atoms with Crippen LogP contribution in [0.5, 0.6) is 0 Å². The highest BCUT2D eigenvalue weighted by Gasteiger charge is 2.47. The number of carboxylic acids is 1. The molecule has 1 saturated carbocycles. The highest BCUT2D eigenvalue weighted by molar-refractivity contribution is 5.83. The van der Waals surface area contributed by atoms with Crippen LogP contribution >= 0.6 is 0 Å². The van der Waals surface area contributed by atoms with E-state index in [1.54, 1.807) is 14.2 Å². The first-order chi connectivity index (χ1) is 9.15. The molecule has 1 aliphatic rings. The Morgan fingerprint density at radius 3 is 2.53 bits per heavy atom. The Morgan fingerprint density at radius 2 is 2.05 bits per heavy atom. The average molecular weight is 264 g/mol. The molecule has 0 spiro atoms. The summed E-state index contributed by atoms with van der Waals surface area (Å²) in [6.07, 6.45) is 2.13. The summed E-state index contributed by atoms with van der Waals surface area (Å²) in [5, 5.41) is 9.57. The van der Waals surface area contributed by atoms with Crippen LogP contribution in [0.3, 0.4) is 0 Å². The van der Waals surface area contributed by atoms with Crippen LogP contribution < -0.4 is 0 Å². The molecule has 19 heavy (non-hydrogen) atoms. The quantitative estimate of drug-likeness (QED) is 0.857. The minimum Gasteiger partial charge on any atom is -0.481 e. The number of methoxy groups -OCH3 is 2. The zero-order valence-corrected chi connectivity index (χ0v) is 11.4. The third-order valence-corrected chi connectivity index (χ3v) is 4.04. The Hall–Kier alpha value is -1.39. The van der Waals surface area contributed by atoms with Gasteiger partial charge in [0.05, 0.1) is 12.0 Å². The number of ether oxygens (including phenoxy) is 2. The van der Waals surface area contributed by atoms with Crippen molar-refractivity contribution < 1.29 is 19.4 Å². The molecule has 1 aromatic rings. The number of aliphatic carboxylic acids is 1. The molecule has 1 N–H and O–H groups in total. The van der Waals surface area contributed by atoms with Crippen LogP contribution in [0.1, 0.15) is 36.5 Å². The van der Waals surface area contributed by atoms with Crippen LogP contribution in [0.4, 0.5) is 0 Å². The lowest BCUT2D eigenvalue weighted by Crippen LogP contribution is -2.43. The van der Waals surface area contributed by atoms with Gasteiger partial charge in [0.15, 0.2) is 0 Å². The minimum atomic E-state index is -0.738. The van der Waals surface area contributed by atoms with Crippen LogP contribution in [0.15, 0.2) is 24.3 Å². The number of benzene rings is 1. The second kappa shape index (κ2) is 5.72. The van der Waals surface area contributed by atoms with Crippen molar-refractivity contribution in [3.63, 3.8) is 0 Å². The second-order valence-electron chi connectivity index (χ2n) is 5.01. The number of hydrogen-bond donors (Lipinski definition) is 1. The summed E-state index contributed by atoms with van der Waals surface area (Å²) in [5.41, 5.74) is 1.06. The van der Waals surface area contributed by atoms with E-state index < -0.39 is 11.4 Å². The summed E-state index contributed by atoms with van der Waals surface area (Å²) in [4.78, 5) is 11.7. The largest absolute Gasteiger partial charge is 0.481 e. The van der Waals surface area contributed by atoms with Crippen molar-refractivity contribution in [1.82, 2.24) is 0 Å². The average Bonchev–Trinajstić information content (AvgIpc) is 2.35. The molecule has 0 amide bonds. The molecule has 1 unspecified atom stereocenters. The van der Waals surface area contributed by atoms with Gasteiger partial charge in [-0.25, -0.2) is 0 Å². The van der Waals surface area contributed by atoms with Crippen molar-refractivity contribution in [2.45, 2.75) is 30.8 Å². The molecule has 0 bridgehead atoms. The molecule has 1 fully saturated rings. The molecule has 104 valence electrons. The summed E-state index contributed by atoms with van der Waals surface area (Å²) in [6, 6.07) is 7.64. The molecular formula is C15H20O4. The first-order valence-corrected chi connectivity index (χ1v) is 6.50. The fourth-order valence-corrected chi connectivity index (χ4v) is 2.78. The van der Waals surface area contributed by atoms with Gasteiger partial charge in [-0.1, -0.05) is 30.7 Å². The van der Waals surface area contributed by atoms with E-state index >= 15 is 0 Å². The second-order valence-corrected chi connectivity index (χ2v) is 5.01. The van der Waals surface area contributed by atoms with Crippen molar-refractivity contribution in [2.24, 2.45) is 0 Å². The van der Waals surface area contributed by atoms with Gasteiger partial charge in [0.25, 0.3) is 0 Å². The maximum Gasteiger partial charge on any atom is 0.314 e. The number of carbonyl (C=O) groups is 1. The van der Waals surface area contributed by atoms with E-state index in [1.165, 1.54) is 0 Å². The van der Waals surface area contributed by atoms with Crippen molar-refractivity contribution in [2.75, 3.05) is 20.8 Å². The highest BCUT2D eigenvalue weighted by atomic mass is 16.5. The highest BCUT2D eigenvalue weighted by Crippen LogP contribution is 2.46. The molecule has 0 saturated heterocycles. The molecule has 0 radical (unpaired) electrons. The van der Waals surface area contributed by atoms with Gasteiger partial charge in [-0.05, 0) is 24.0 Å². The van der Waals surface area contributed by atoms with E-state index in [9.17, 15) is 9.90 Å². The first-order valence-electron chi connectivity index (χ1n) is 6.50. The van der Waals surface area contributed by atoms with E-state index in [-0.39, 0.29) is 6.10 Å². The molecule has 0 aromatic heterocycles. The Bertz CT molecular complexity index is 451. The first kappa shape index (κ1) is 14.0. The van der Waals surface area contributed by atoms with Gasteiger partial charge in [0.1, 0.15) is 6.10 Å². The molecule has 4 heteroatoms. The van der Waals surface area contributed by atoms with Crippen molar-refractivity contribution in [1.29, 1.82) is 0 Å². The monoisotopic (exact) mass is 264 g/mol. The van der Waals surface area contributed by atoms with Crippen molar-refractivity contribution in [3.8, 4) is 0 Å². The van der Waals surface area contributed by atoms with Crippen molar-refractivity contribution in [3.05, 3.63) is 35.4 Å². The van der Waals surface area contributed by atoms with Gasteiger partial charge < -0.3 is 14.6 Å². The third-order valence-electron chi connectivity index (χ3n) is 4.04. The van der Waals surface area contributed by atoms with Crippen LogP contribution in [0.25, 0.3) is 0 Å². The van der Waals surface area contributed by atoms with Gasteiger partial charge in [-0.15, -0.1) is 0 Å². The van der Waals surface area contributed by atoms with Gasteiger partial charge in [0.2, 0.25) is 0 Å². The standard InChI is InChI=1S/C15H20O4/c1-18-10-13(19-2)11-6-3-4-7-12(11)15(14(16)17)8-5-9-15/h3-4,6-7,13H,5,8-10H2,1-2H3,(H,16,17). The smallest absolute Gasteiger partial charge is 0.314 e. The lowest BCUT2D eigenvalue weighted by atomic mass is 9.63. The van der Waals surface area contributed by atoms with Gasteiger partial charge >= 0.3 is 5.97 Å². The predicted molar refractivity (Wildman–Crippen MR) is 71.2 cm³/mol. The third kappa shape index (κ3) is 2.38. The van der Waals surface area contributed by atoms with E-state index in [2.05, 4.69) is 0 Å². The number of rotatable bonds is 6. The minimum absolute atomic E-state index is 0.224. The fraction of sp³-hybridized carbons (Fsp3) is 0.533. The number of hydrogen-bond acceptors (Lipinski definition) is 3. The van der Waals surface area contributed by atoms with E-state index in [4.69, 9.17) is 9.47 Å². The summed E-state index contributed by atoms with van der Waals surface area (Å²) in [7, 11) is 3.24. The van der Waals surface area contributed by atoms with Gasteiger partial charge in [-0.2, -0.15) is 0 Å². The maximum atomic E-state index is 11.7. The predicted octanol–water partition coefficient (Wildman–Crippen LogP) is 2.53. The Balaban J connectivity index is 2.43. The zero-order valence-electron chi connectivity index (χ0n) is 11.4. The molecule has 1 aromatic carbocycles. The van der Waals surface area contributed by atoms with E-state index in [1.807, 2.05) is 24.3 Å². The maximum absolute atomic E-state index is 11.7. The normalized spacial score (nSPS) is 18.6. The molecule has 1 aliphatic carbocycles. The molecule has 0 heterocycles. The molecule has 4 nitrogen and oxygen atoms in total. The van der Waals surface area contributed by atoms with E-state index in [0.717, 1.165) is 17.5 Å². The molecule has 0 aliphatic heterocycles. The van der Waals surface area contributed by atoms with Gasteiger partial charge in [-0.3, -0.25) is 4.79 Å². The summed E-state index contributed by atoms with van der Waals surface area (Å²) in [5.74, 6) is -0.738. The lowest BCUT2D eigenvalue weighted by molar-refractivity contribution is -0.147. The topological polar surface area (TPSA) is 55.8 Å². The molecule has 2 rings (SSSR count). The Morgan fingerprint density at radius 1 is 1.37 bits per heavy atom. The fourth-order valence-electron chi connectivity index (χ4n) is 2.78. The number of carboxylic acid groups (broad SMARTS) is 1. The van der Waals surface area contributed by atoms with Crippen LogP contribution in [0, 0.1) is 0 Å². The lowest BCUT2D eigenvalue weighted by Gasteiger charge is -2.40. The Labute approximate surface area is 113 Å². The van der Waals surface area contributed by atoms with E-state index in [0.29, 0.717) is 19.4 Å². The summed E-state index contributed by atoms with van der Waals surface area (Å²) < 4.78 is 10.6. The van der Waals surface area contributed by atoms with Gasteiger partial charge in [0, 0.05) is 14.2 Å². The Kier molecular flexibility index (Phi) is 4.22. The summed E-state index contributed by atoms with van der Waals surface area (Å²) >= 11 is 0. The molecule has 1 atom stereocenters.